The van der Waals surface area contributed by atoms with Gasteiger partial charge in [-0.2, -0.15) is 0 Å². The average molecular weight is 505 g/mol. The lowest BCUT2D eigenvalue weighted by Gasteiger charge is -2.44. The van der Waals surface area contributed by atoms with Crippen LogP contribution in [0.5, 0.6) is 0 Å². The van der Waals surface area contributed by atoms with E-state index in [-0.39, 0.29) is 6.09 Å². The van der Waals surface area contributed by atoms with Gasteiger partial charge < -0.3 is 14.5 Å². The third-order valence-corrected chi connectivity index (χ3v) is 8.01. The summed E-state index contributed by atoms with van der Waals surface area (Å²) in [5.74, 6) is 0.727. The fourth-order valence-electron chi connectivity index (χ4n) is 6.21. The number of carbonyl (C=O) groups is 1. The summed E-state index contributed by atoms with van der Waals surface area (Å²) in [5.41, 5.74) is 5.23. The average Bonchev–Trinajstić information content (AvgIpc) is 2.87. The van der Waals surface area contributed by atoms with Gasteiger partial charge in [0.05, 0.1) is 0 Å². The molecule has 2 atom stereocenters. The molecule has 37 heavy (non-hydrogen) atoms. The molecule has 5 rings (SSSR count). The summed E-state index contributed by atoms with van der Waals surface area (Å²) < 4.78 is 5.56. The molecule has 3 heterocycles. The van der Waals surface area contributed by atoms with Gasteiger partial charge in [-0.25, -0.2) is 4.79 Å². The monoisotopic (exact) mass is 504 g/mol. The van der Waals surface area contributed by atoms with Crippen LogP contribution in [0.15, 0.2) is 48.5 Å². The van der Waals surface area contributed by atoms with Gasteiger partial charge in [-0.05, 0) is 68.4 Å². The van der Waals surface area contributed by atoms with Gasteiger partial charge in [-0.1, -0.05) is 43.3 Å². The standard InChI is InChI=1S/C31H44N4O2/c1-24-18-29(23-32(20-24)21-25-8-6-5-7-9-25)35-13-12-26-19-28(11-10-27(26)22-35)33-14-16-34(17-15-33)30(36)37-31(2,3)4/h5-11,19,24,29H,12-18,20-23H2,1-4H3/t24-,29+/m1/s1. The van der Waals surface area contributed by atoms with Gasteiger partial charge >= 0.3 is 6.09 Å². The molecule has 200 valence electrons. The van der Waals surface area contributed by atoms with Crippen LogP contribution >= 0.6 is 0 Å². The summed E-state index contributed by atoms with van der Waals surface area (Å²) in [5, 5.41) is 0. The van der Waals surface area contributed by atoms with Gasteiger partial charge in [0.2, 0.25) is 0 Å². The topological polar surface area (TPSA) is 39.3 Å². The summed E-state index contributed by atoms with van der Waals surface area (Å²) >= 11 is 0. The number of nitrogens with zero attached hydrogens (tertiary/aromatic N) is 4. The van der Waals surface area contributed by atoms with Crippen molar-refractivity contribution in [1.82, 2.24) is 14.7 Å². The van der Waals surface area contributed by atoms with Crippen LogP contribution in [0.1, 0.15) is 50.8 Å². The molecule has 2 fully saturated rings. The zero-order valence-electron chi connectivity index (χ0n) is 23.2. The van der Waals surface area contributed by atoms with E-state index < -0.39 is 5.60 Å². The van der Waals surface area contributed by atoms with E-state index in [0.717, 1.165) is 51.6 Å². The molecule has 0 aliphatic carbocycles. The van der Waals surface area contributed by atoms with Crippen LogP contribution in [0.4, 0.5) is 10.5 Å². The first-order valence-electron chi connectivity index (χ1n) is 14.1. The minimum Gasteiger partial charge on any atom is -0.444 e. The number of hydrogen-bond donors (Lipinski definition) is 0. The number of anilines is 1. The molecule has 3 aliphatic heterocycles. The van der Waals surface area contributed by atoms with E-state index in [9.17, 15) is 4.79 Å². The van der Waals surface area contributed by atoms with Crippen molar-refractivity contribution in [3.8, 4) is 0 Å². The maximum atomic E-state index is 12.4. The smallest absolute Gasteiger partial charge is 0.410 e. The molecule has 0 saturated carbocycles. The molecule has 0 radical (unpaired) electrons. The second kappa shape index (κ2) is 11.0. The molecule has 2 saturated heterocycles. The van der Waals surface area contributed by atoms with E-state index in [4.69, 9.17) is 4.74 Å². The fraction of sp³-hybridized carbons (Fsp3) is 0.581. The molecule has 6 nitrogen and oxygen atoms in total. The highest BCUT2D eigenvalue weighted by atomic mass is 16.6. The predicted octanol–water partition coefficient (Wildman–Crippen LogP) is 5.01. The van der Waals surface area contributed by atoms with Crippen LogP contribution < -0.4 is 4.90 Å². The lowest BCUT2D eigenvalue weighted by atomic mass is 9.91. The first-order valence-corrected chi connectivity index (χ1v) is 14.1. The zero-order valence-corrected chi connectivity index (χ0v) is 23.2. The van der Waals surface area contributed by atoms with Gasteiger partial charge in [0.25, 0.3) is 0 Å². The normalized spacial score (nSPS) is 23.6. The molecule has 0 aromatic heterocycles. The van der Waals surface area contributed by atoms with E-state index in [1.165, 1.54) is 35.3 Å². The minimum atomic E-state index is -0.448. The Hall–Kier alpha value is -2.57. The first-order chi connectivity index (χ1) is 17.7. The predicted molar refractivity (Wildman–Crippen MR) is 150 cm³/mol. The van der Waals surface area contributed by atoms with Crippen LogP contribution in [0.3, 0.4) is 0 Å². The largest absolute Gasteiger partial charge is 0.444 e. The molecule has 6 heteroatoms. The number of rotatable bonds is 4. The summed E-state index contributed by atoms with van der Waals surface area (Å²) in [4.78, 5) is 22.1. The SMILES string of the molecule is C[C@@H]1C[C@H](N2CCc3cc(N4CCN(C(=O)OC(C)(C)C)CC4)ccc3C2)CN(Cc2ccccc2)C1. The Morgan fingerprint density at radius 1 is 0.946 bits per heavy atom. The molecule has 0 bridgehead atoms. The van der Waals surface area contributed by atoms with E-state index in [0.29, 0.717) is 19.1 Å². The highest BCUT2D eigenvalue weighted by Gasteiger charge is 2.31. The van der Waals surface area contributed by atoms with E-state index in [1.807, 2.05) is 25.7 Å². The number of benzene rings is 2. The molecule has 3 aliphatic rings. The molecular weight excluding hydrogens is 460 g/mol. The summed E-state index contributed by atoms with van der Waals surface area (Å²) in [6, 6.07) is 18.6. The van der Waals surface area contributed by atoms with E-state index in [2.05, 4.69) is 70.2 Å². The highest BCUT2D eigenvalue weighted by molar-refractivity contribution is 5.68. The van der Waals surface area contributed by atoms with Crippen molar-refractivity contribution in [1.29, 1.82) is 0 Å². The third-order valence-electron chi connectivity index (χ3n) is 8.01. The van der Waals surface area contributed by atoms with Crippen molar-refractivity contribution in [2.45, 2.75) is 65.3 Å². The van der Waals surface area contributed by atoms with Crippen LogP contribution in [0.2, 0.25) is 0 Å². The number of hydrogen-bond acceptors (Lipinski definition) is 5. The van der Waals surface area contributed by atoms with Crippen molar-refractivity contribution in [3.63, 3.8) is 0 Å². The zero-order chi connectivity index (χ0) is 26.0. The second-order valence-electron chi connectivity index (χ2n) is 12.3. The number of ether oxygens (including phenoxy) is 1. The van der Waals surface area contributed by atoms with Crippen molar-refractivity contribution in [2.24, 2.45) is 5.92 Å². The molecule has 2 aromatic carbocycles. The van der Waals surface area contributed by atoms with Crippen molar-refractivity contribution < 1.29 is 9.53 Å². The Labute approximate surface area is 223 Å². The number of amides is 1. The van der Waals surface area contributed by atoms with Gasteiger partial charge in [0.1, 0.15) is 5.60 Å². The fourth-order valence-corrected chi connectivity index (χ4v) is 6.21. The summed E-state index contributed by atoms with van der Waals surface area (Å²) in [6.45, 7) is 16.9. The Kier molecular flexibility index (Phi) is 7.77. The summed E-state index contributed by atoms with van der Waals surface area (Å²) in [6.07, 6.45) is 2.21. The number of fused-ring (bicyclic) bond motifs is 1. The number of piperidine rings is 1. The second-order valence-corrected chi connectivity index (χ2v) is 12.3. The maximum Gasteiger partial charge on any atom is 0.410 e. The molecule has 0 N–H and O–H groups in total. The number of piperazine rings is 1. The highest BCUT2D eigenvalue weighted by Crippen LogP contribution is 2.30. The summed E-state index contributed by atoms with van der Waals surface area (Å²) in [7, 11) is 0. The Balaban J connectivity index is 1.17. The van der Waals surface area contributed by atoms with E-state index in [1.54, 1.807) is 0 Å². The van der Waals surface area contributed by atoms with Gasteiger partial charge in [0.15, 0.2) is 0 Å². The quantitative estimate of drug-likeness (QED) is 0.585. The lowest BCUT2D eigenvalue weighted by Crippen LogP contribution is -2.51. The van der Waals surface area contributed by atoms with Gasteiger partial charge in [-0.15, -0.1) is 0 Å². The molecule has 2 aromatic rings. The van der Waals surface area contributed by atoms with Crippen LogP contribution in [0.25, 0.3) is 0 Å². The Morgan fingerprint density at radius 3 is 2.43 bits per heavy atom. The minimum absolute atomic E-state index is 0.197. The van der Waals surface area contributed by atoms with Crippen LogP contribution in [-0.2, 0) is 24.2 Å². The lowest BCUT2D eigenvalue weighted by molar-refractivity contribution is 0.0240. The van der Waals surface area contributed by atoms with Gasteiger partial charge in [-0.3, -0.25) is 9.80 Å². The first kappa shape index (κ1) is 26.1. The Morgan fingerprint density at radius 2 is 1.70 bits per heavy atom. The molecular formula is C31H44N4O2. The van der Waals surface area contributed by atoms with Crippen LogP contribution in [0, 0.1) is 5.92 Å². The van der Waals surface area contributed by atoms with Crippen molar-refractivity contribution in [3.05, 3.63) is 65.2 Å². The van der Waals surface area contributed by atoms with Crippen LogP contribution in [-0.4, -0.2) is 78.2 Å². The molecule has 0 spiro atoms. The third kappa shape index (κ3) is 6.66. The van der Waals surface area contributed by atoms with E-state index >= 15 is 0 Å². The van der Waals surface area contributed by atoms with Gasteiger partial charge in [0, 0.05) is 70.6 Å². The van der Waals surface area contributed by atoms with Crippen molar-refractivity contribution in [2.75, 3.05) is 50.7 Å². The molecule has 1 amide bonds. The number of likely N-dealkylation sites (tertiary alicyclic amines) is 1. The Bertz CT molecular complexity index is 1060. The van der Waals surface area contributed by atoms with Crippen molar-refractivity contribution >= 4 is 11.8 Å². The molecule has 0 unspecified atom stereocenters. The maximum absolute atomic E-state index is 12.4. The number of carbonyl (C=O) groups excluding carboxylic acids is 1.